The fraction of sp³-hybridized carbons (Fsp3) is 0.571. The number of hydrogen-bond donors (Lipinski definition) is 2. The normalized spacial score (nSPS) is 19.2. The molecule has 3 rings (SSSR count). The molecule has 0 spiro atoms. The van der Waals surface area contributed by atoms with Gasteiger partial charge in [0.1, 0.15) is 5.82 Å². The van der Waals surface area contributed by atoms with E-state index in [-0.39, 0.29) is 5.41 Å². The number of nitrogens with zero attached hydrogens (tertiary/aromatic N) is 2. The van der Waals surface area contributed by atoms with E-state index in [1.807, 2.05) is 12.3 Å². The third-order valence-electron chi connectivity index (χ3n) is 4.30. The average molecular weight is 244 g/mol. The molecule has 1 fully saturated rings. The van der Waals surface area contributed by atoms with Crippen molar-refractivity contribution in [1.82, 2.24) is 15.0 Å². The highest BCUT2D eigenvalue weighted by Gasteiger charge is 2.35. The largest absolute Gasteiger partial charge is 0.340 e. The highest BCUT2D eigenvalue weighted by molar-refractivity contribution is 5.74. The van der Waals surface area contributed by atoms with Gasteiger partial charge in [0.25, 0.3) is 0 Å². The summed E-state index contributed by atoms with van der Waals surface area (Å²) in [7, 11) is 0. The summed E-state index contributed by atoms with van der Waals surface area (Å²) in [6, 6.07) is 2.01. The number of H-pyrrole nitrogens is 1. The molecule has 0 atom stereocenters. The quantitative estimate of drug-likeness (QED) is 0.852. The van der Waals surface area contributed by atoms with Crippen LogP contribution in [0.15, 0.2) is 12.3 Å². The lowest BCUT2D eigenvalue weighted by molar-refractivity contribution is 0.288. The molecule has 0 amide bonds. The Morgan fingerprint density at radius 1 is 1.33 bits per heavy atom. The van der Waals surface area contributed by atoms with Crippen molar-refractivity contribution in [3.63, 3.8) is 0 Å². The summed E-state index contributed by atoms with van der Waals surface area (Å²) in [5.41, 5.74) is 9.18. The Morgan fingerprint density at radius 2 is 2.11 bits per heavy atom. The topological polar surface area (TPSA) is 67.6 Å². The first-order chi connectivity index (χ1) is 8.75. The fourth-order valence-electron chi connectivity index (χ4n) is 3.05. The van der Waals surface area contributed by atoms with Crippen LogP contribution in [0.25, 0.3) is 11.2 Å². The van der Waals surface area contributed by atoms with E-state index in [0.29, 0.717) is 6.54 Å². The molecular weight excluding hydrogens is 224 g/mol. The number of imidazole rings is 1. The van der Waals surface area contributed by atoms with E-state index in [4.69, 9.17) is 10.7 Å². The van der Waals surface area contributed by atoms with Gasteiger partial charge in [0, 0.05) is 18.2 Å². The maximum atomic E-state index is 6.05. The van der Waals surface area contributed by atoms with Crippen LogP contribution in [0, 0.1) is 6.92 Å². The van der Waals surface area contributed by atoms with Crippen LogP contribution in [0.5, 0.6) is 0 Å². The number of pyridine rings is 1. The van der Waals surface area contributed by atoms with Gasteiger partial charge in [0.2, 0.25) is 0 Å². The summed E-state index contributed by atoms with van der Waals surface area (Å²) in [5, 5.41) is 0. The number of hydrogen-bond acceptors (Lipinski definition) is 3. The van der Waals surface area contributed by atoms with Gasteiger partial charge in [0.15, 0.2) is 5.65 Å². The van der Waals surface area contributed by atoms with Crippen molar-refractivity contribution in [3.8, 4) is 0 Å². The molecule has 1 saturated carbocycles. The molecule has 0 bridgehead atoms. The summed E-state index contributed by atoms with van der Waals surface area (Å²) in [4.78, 5) is 12.5. The number of fused-ring (bicyclic) bond motifs is 1. The number of rotatable bonds is 2. The standard InChI is InChI=1S/C14H20N4/c1-10-5-8-16-12-11(10)17-13(18-12)14(9-15)6-3-2-4-7-14/h5,8H,2-4,6-7,9,15H2,1H3,(H,16,17,18). The van der Waals surface area contributed by atoms with Gasteiger partial charge in [-0.05, 0) is 31.4 Å². The highest BCUT2D eigenvalue weighted by Crippen LogP contribution is 2.37. The predicted molar refractivity (Wildman–Crippen MR) is 72.4 cm³/mol. The van der Waals surface area contributed by atoms with Gasteiger partial charge in [-0.1, -0.05) is 19.3 Å². The average Bonchev–Trinajstić information content (AvgIpc) is 2.85. The van der Waals surface area contributed by atoms with Crippen LogP contribution in [0.4, 0.5) is 0 Å². The first-order valence-electron chi connectivity index (χ1n) is 6.77. The first kappa shape index (κ1) is 11.7. The lowest BCUT2D eigenvalue weighted by atomic mass is 9.73. The Bertz CT molecular complexity index is 552. The van der Waals surface area contributed by atoms with Gasteiger partial charge in [-0.15, -0.1) is 0 Å². The molecule has 2 aromatic rings. The molecule has 1 aliphatic rings. The summed E-state index contributed by atoms with van der Waals surface area (Å²) in [5.74, 6) is 1.04. The lowest BCUT2D eigenvalue weighted by Crippen LogP contribution is -2.38. The van der Waals surface area contributed by atoms with Crippen LogP contribution >= 0.6 is 0 Å². The van der Waals surface area contributed by atoms with Crippen molar-refractivity contribution >= 4 is 11.2 Å². The summed E-state index contributed by atoms with van der Waals surface area (Å²) < 4.78 is 0. The first-order valence-corrected chi connectivity index (χ1v) is 6.77. The van der Waals surface area contributed by atoms with Crippen molar-refractivity contribution in [2.24, 2.45) is 5.73 Å². The van der Waals surface area contributed by atoms with Gasteiger partial charge < -0.3 is 10.7 Å². The van der Waals surface area contributed by atoms with Crippen molar-refractivity contribution in [2.75, 3.05) is 6.54 Å². The number of nitrogens with two attached hydrogens (primary N) is 1. The highest BCUT2D eigenvalue weighted by atomic mass is 15.0. The molecule has 4 heteroatoms. The number of aromatic amines is 1. The molecular formula is C14H20N4. The van der Waals surface area contributed by atoms with Crippen molar-refractivity contribution < 1.29 is 0 Å². The zero-order valence-corrected chi connectivity index (χ0v) is 10.9. The molecule has 0 aliphatic heterocycles. The third-order valence-corrected chi connectivity index (χ3v) is 4.30. The Balaban J connectivity index is 2.09. The molecule has 18 heavy (non-hydrogen) atoms. The zero-order valence-electron chi connectivity index (χ0n) is 10.9. The van der Waals surface area contributed by atoms with E-state index in [0.717, 1.165) is 29.8 Å². The molecule has 4 nitrogen and oxygen atoms in total. The zero-order chi connectivity index (χ0) is 12.6. The van der Waals surface area contributed by atoms with E-state index in [2.05, 4.69) is 16.9 Å². The Morgan fingerprint density at radius 3 is 2.78 bits per heavy atom. The lowest BCUT2D eigenvalue weighted by Gasteiger charge is -2.34. The molecule has 0 aromatic carbocycles. The van der Waals surface area contributed by atoms with Crippen LogP contribution in [-0.4, -0.2) is 21.5 Å². The van der Waals surface area contributed by atoms with Gasteiger partial charge in [-0.3, -0.25) is 0 Å². The van der Waals surface area contributed by atoms with E-state index in [1.165, 1.54) is 24.8 Å². The van der Waals surface area contributed by atoms with Crippen molar-refractivity contribution in [1.29, 1.82) is 0 Å². The Hall–Kier alpha value is -1.42. The summed E-state index contributed by atoms with van der Waals surface area (Å²) in [6.45, 7) is 2.76. The molecule has 0 saturated heterocycles. The number of nitrogens with one attached hydrogen (secondary N) is 1. The summed E-state index contributed by atoms with van der Waals surface area (Å²) in [6.07, 6.45) is 7.92. The minimum absolute atomic E-state index is 0.0470. The molecule has 2 aromatic heterocycles. The second-order valence-electron chi connectivity index (χ2n) is 5.46. The molecule has 1 aliphatic carbocycles. The molecule has 0 unspecified atom stereocenters. The van der Waals surface area contributed by atoms with Gasteiger partial charge in [-0.2, -0.15) is 0 Å². The van der Waals surface area contributed by atoms with E-state index in [9.17, 15) is 0 Å². The van der Waals surface area contributed by atoms with Crippen LogP contribution < -0.4 is 5.73 Å². The van der Waals surface area contributed by atoms with Crippen LogP contribution in [0.3, 0.4) is 0 Å². The van der Waals surface area contributed by atoms with Gasteiger partial charge in [0.05, 0.1) is 5.52 Å². The smallest absolute Gasteiger partial charge is 0.177 e. The number of aryl methyl sites for hydroxylation is 1. The van der Waals surface area contributed by atoms with Crippen molar-refractivity contribution in [3.05, 3.63) is 23.7 Å². The van der Waals surface area contributed by atoms with Gasteiger partial charge in [-0.25, -0.2) is 9.97 Å². The fourth-order valence-corrected chi connectivity index (χ4v) is 3.05. The van der Waals surface area contributed by atoms with Gasteiger partial charge >= 0.3 is 0 Å². The molecule has 0 radical (unpaired) electrons. The Kier molecular flexibility index (Phi) is 2.82. The summed E-state index contributed by atoms with van der Waals surface area (Å²) >= 11 is 0. The second kappa shape index (κ2) is 4.35. The Labute approximate surface area is 107 Å². The monoisotopic (exact) mass is 244 g/mol. The maximum absolute atomic E-state index is 6.05. The minimum Gasteiger partial charge on any atom is -0.340 e. The second-order valence-corrected chi connectivity index (χ2v) is 5.46. The number of aromatic nitrogens is 3. The van der Waals surface area contributed by atoms with Crippen LogP contribution in [-0.2, 0) is 5.41 Å². The molecule has 96 valence electrons. The predicted octanol–water partition coefficient (Wildman–Crippen LogP) is 2.43. The maximum Gasteiger partial charge on any atom is 0.177 e. The molecule has 2 heterocycles. The van der Waals surface area contributed by atoms with Crippen LogP contribution in [0.2, 0.25) is 0 Å². The van der Waals surface area contributed by atoms with E-state index < -0.39 is 0 Å². The SMILES string of the molecule is Cc1ccnc2nc(C3(CN)CCCCC3)[nH]c12. The third kappa shape index (κ3) is 1.72. The van der Waals surface area contributed by atoms with Crippen molar-refractivity contribution in [2.45, 2.75) is 44.4 Å². The molecule has 3 N–H and O–H groups in total. The van der Waals surface area contributed by atoms with E-state index >= 15 is 0 Å². The van der Waals surface area contributed by atoms with E-state index in [1.54, 1.807) is 0 Å². The minimum atomic E-state index is 0.0470. The van der Waals surface area contributed by atoms with Crippen LogP contribution in [0.1, 0.15) is 43.5 Å².